The van der Waals surface area contributed by atoms with Gasteiger partial charge < -0.3 is 10.6 Å². The summed E-state index contributed by atoms with van der Waals surface area (Å²) >= 11 is 0. The van der Waals surface area contributed by atoms with E-state index in [2.05, 4.69) is 15.6 Å². The fraction of sp³-hybridized carbons (Fsp3) is 0.500. The van der Waals surface area contributed by atoms with Crippen molar-refractivity contribution in [1.29, 1.82) is 0 Å². The number of halogens is 3. The predicted octanol–water partition coefficient (Wildman–Crippen LogP) is 1.33. The van der Waals surface area contributed by atoms with Gasteiger partial charge in [-0.15, -0.1) is 0 Å². The molecule has 4 nitrogen and oxygen atoms in total. The minimum atomic E-state index is -4.43. The van der Waals surface area contributed by atoms with E-state index in [1.807, 2.05) is 0 Å². The molecule has 1 aromatic heterocycles. The van der Waals surface area contributed by atoms with Crippen molar-refractivity contribution in [1.82, 2.24) is 15.6 Å². The Bertz CT molecular complexity index is 441. The highest BCUT2D eigenvalue weighted by Gasteiger charge is 2.32. The largest absolute Gasteiger partial charge is 0.433 e. The van der Waals surface area contributed by atoms with Crippen LogP contribution in [0.3, 0.4) is 0 Å². The number of alkyl halides is 3. The SMILES string of the molecule is O=C(CC1CNC1)NCc1ccc(C(F)(F)F)nc1. The van der Waals surface area contributed by atoms with Crippen LogP contribution in [0.1, 0.15) is 17.7 Å². The van der Waals surface area contributed by atoms with Crippen LogP contribution in [0.4, 0.5) is 13.2 Å². The maximum absolute atomic E-state index is 12.3. The van der Waals surface area contributed by atoms with E-state index >= 15 is 0 Å². The quantitative estimate of drug-likeness (QED) is 0.870. The zero-order valence-corrected chi connectivity index (χ0v) is 10.1. The minimum Gasteiger partial charge on any atom is -0.352 e. The van der Waals surface area contributed by atoms with Gasteiger partial charge in [0.2, 0.25) is 5.91 Å². The second-order valence-electron chi connectivity index (χ2n) is 4.55. The van der Waals surface area contributed by atoms with Gasteiger partial charge in [-0.3, -0.25) is 9.78 Å². The van der Waals surface area contributed by atoms with Crippen LogP contribution in [-0.4, -0.2) is 24.0 Å². The monoisotopic (exact) mass is 273 g/mol. The summed E-state index contributed by atoms with van der Waals surface area (Å²) in [4.78, 5) is 14.8. The Labute approximate surface area is 108 Å². The highest BCUT2D eigenvalue weighted by Crippen LogP contribution is 2.27. The van der Waals surface area contributed by atoms with Gasteiger partial charge in [0.05, 0.1) is 0 Å². The third-order valence-corrected chi connectivity index (χ3v) is 2.94. The van der Waals surface area contributed by atoms with Gasteiger partial charge in [-0.25, -0.2) is 0 Å². The van der Waals surface area contributed by atoms with E-state index in [9.17, 15) is 18.0 Å². The van der Waals surface area contributed by atoms with Crippen molar-refractivity contribution in [3.8, 4) is 0 Å². The average molecular weight is 273 g/mol. The van der Waals surface area contributed by atoms with Crippen LogP contribution in [0.15, 0.2) is 18.3 Å². The normalized spacial score (nSPS) is 15.9. The van der Waals surface area contributed by atoms with E-state index in [0.717, 1.165) is 25.4 Å². The number of nitrogens with zero attached hydrogens (tertiary/aromatic N) is 1. The number of pyridine rings is 1. The molecule has 1 aromatic rings. The van der Waals surface area contributed by atoms with Crippen LogP contribution in [0.5, 0.6) is 0 Å². The Balaban J connectivity index is 1.80. The number of amides is 1. The molecule has 7 heteroatoms. The molecule has 1 saturated heterocycles. The molecular formula is C12H14F3N3O. The number of hydrogen-bond donors (Lipinski definition) is 2. The van der Waals surface area contributed by atoms with Gasteiger partial charge in [0.25, 0.3) is 0 Å². The van der Waals surface area contributed by atoms with E-state index in [1.54, 1.807) is 0 Å². The topological polar surface area (TPSA) is 54.0 Å². The summed E-state index contributed by atoms with van der Waals surface area (Å²) in [5, 5.41) is 5.73. The zero-order valence-electron chi connectivity index (χ0n) is 10.1. The third-order valence-electron chi connectivity index (χ3n) is 2.94. The lowest BCUT2D eigenvalue weighted by Gasteiger charge is -2.26. The Morgan fingerprint density at radius 3 is 2.63 bits per heavy atom. The maximum atomic E-state index is 12.3. The highest BCUT2D eigenvalue weighted by atomic mass is 19.4. The van der Waals surface area contributed by atoms with Crippen molar-refractivity contribution in [2.45, 2.75) is 19.1 Å². The summed E-state index contributed by atoms with van der Waals surface area (Å²) < 4.78 is 36.9. The highest BCUT2D eigenvalue weighted by molar-refractivity contribution is 5.76. The molecule has 2 N–H and O–H groups in total. The molecule has 0 atom stereocenters. The second-order valence-corrected chi connectivity index (χ2v) is 4.55. The van der Waals surface area contributed by atoms with E-state index in [0.29, 0.717) is 17.9 Å². The van der Waals surface area contributed by atoms with E-state index < -0.39 is 11.9 Å². The van der Waals surface area contributed by atoms with Crippen LogP contribution in [0, 0.1) is 5.92 Å². The molecule has 0 spiro atoms. The lowest BCUT2D eigenvalue weighted by molar-refractivity contribution is -0.141. The molecule has 1 aliphatic rings. The van der Waals surface area contributed by atoms with Crippen molar-refractivity contribution >= 4 is 5.91 Å². The van der Waals surface area contributed by atoms with E-state index in [4.69, 9.17) is 0 Å². The van der Waals surface area contributed by atoms with Crippen molar-refractivity contribution in [2.75, 3.05) is 13.1 Å². The number of carbonyl (C=O) groups is 1. The van der Waals surface area contributed by atoms with Gasteiger partial charge in [0.1, 0.15) is 5.69 Å². The van der Waals surface area contributed by atoms with Gasteiger partial charge >= 0.3 is 6.18 Å². The molecule has 1 amide bonds. The molecule has 0 radical (unpaired) electrons. The molecule has 1 aliphatic heterocycles. The van der Waals surface area contributed by atoms with Gasteiger partial charge in [0.15, 0.2) is 0 Å². The summed E-state index contributed by atoms with van der Waals surface area (Å²) in [5.41, 5.74) is -0.379. The van der Waals surface area contributed by atoms with Crippen molar-refractivity contribution in [3.63, 3.8) is 0 Å². The number of carbonyl (C=O) groups excluding carboxylic acids is 1. The molecule has 0 saturated carbocycles. The van der Waals surface area contributed by atoms with Gasteiger partial charge in [-0.05, 0) is 30.6 Å². The van der Waals surface area contributed by atoms with Gasteiger partial charge in [-0.1, -0.05) is 6.07 Å². The summed E-state index contributed by atoms with van der Waals surface area (Å²) in [6.07, 6.45) is -2.85. The fourth-order valence-electron chi connectivity index (χ4n) is 1.72. The molecule has 2 rings (SSSR count). The molecule has 104 valence electrons. The first kappa shape index (κ1) is 13.8. The third kappa shape index (κ3) is 3.92. The molecule has 0 unspecified atom stereocenters. The molecule has 2 heterocycles. The number of nitrogens with one attached hydrogen (secondary N) is 2. The van der Waals surface area contributed by atoms with Crippen LogP contribution in [0.25, 0.3) is 0 Å². The molecule has 0 aromatic carbocycles. The van der Waals surface area contributed by atoms with Crippen molar-refractivity contribution < 1.29 is 18.0 Å². The number of hydrogen-bond acceptors (Lipinski definition) is 3. The average Bonchev–Trinajstić information content (AvgIpc) is 2.31. The smallest absolute Gasteiger partial charge is 0.352 e. The molecular weight excluding hydrogens is 259 g/mol. The number of aromatic nitrogens is 1. The lowest BCUT2D eigenvalue weighted by atomic mass is 9.99. The van der Waals surface area contributed by atoms with Crippen LogP contribution in [-0.2, 0) is 17.5 Å². The first-order chi connectivity index (χ1) is 8.95. The van der Waals surface area contributed by atoms with Crippen LogP contribution < -0.4 is 10.6 Å². The first-order valence-electron chi connectivity index (χ1n) is 5.94. The number of rotatable bonds is 4. The summed E-state index contributed by atoms with van der Waals surface area (Å²) in [6.45, 7) is 1.88. The van der Waals surface area contributed by atoms with Crippen molar-refractivity contribution in [2.24, 2.45) is 5.92 Å². The molecule has 0 bridgehead atoms. The fourth-order valence-corrected chi connectivity index (χ4v) is 1.72. The maximum Gasteiger partial charge on any atom is 0.433 e. The molecule has 1 fully saturated rings. The summed E-state index contributed by atoms with van der Waals surface area (Å²) in [5.74, 6) is 0.275. The first-order valence-corrected chi connectivity index (χ1v) is 5.94. The Hall–Kier alpha value is -1.63. The Kier molecular flexibility index (Phi) is 4.04. The van der Waals surface area contributed by atoms with Crippen molar-refractivity contribution in [3.05, 3.63) is 29.6 Å². The summed E-state index contributed by atoms with van der Waals surface area (Å²) in [6, 6.07) is 2.23. The standard InChI is InChI=1S/C12H14F3N3O/c13-12(14,15)10-2-1-8(6-17-10)7-18-11(19)3-9-4-16-5-9/h1-2,6,9,16H,3-5,7H2,(H,18,19). The second kappa shape index (κ2) is 5.56. The van der Waals surface area contributed by atoms with E-state index in [-0.39, 0.29) is 12.5 Å². The van der Waals surface area contributed by atoms with Crippen LogP contribution >= 0.6 is 0 Å². The van der Waals surface area contributed by atoms with Gasteiger partial charge in [0, 0.05) is 19.2 Å². The van der Waals surface area contributed by atoms with E-state index in [1.165, 1.54) is 6.07 Å². The predicted molar refractivity (Wildman–Crippen MR) is 62.1 cm³/mol. The summed E-state index contributed by atoms with van der Waals surface area (Å²) in [7, 11) is 0. The zero-order chi connectivity index (χ0) is 13.9. The lowest BCUT2D eigenvalue weighted by Crippen LogP contribution is -2.44. The molecule has 0 aliphatic carbocycles. The Morgan fingerprint density at radius 1 is 1.42 bits per heavy atom. The Morgan fingerprint density at radius 2 is 2.16 bits per heavy atom. The van der Waals surface area contributed by atoms with Gasteiger partial charge in [-0.2, -0.15) is 13.2 Å². The van der Waals surface area contributed by atoms with Crippen LogP contribution in [0.2, 0.25) is 0 Å². The minimum absolute atomic E-state index is 0.0913. The molecule has 19 heavy (non-hydrogen) atoms.